The van der Waals surface area contributed by atoms with Gasteiger partial charge in [-0.2, -0.15) is 0 Å². The van der Waals surface area contributed by atoms with Crippen LogP contribution in [0.3, 0.4) is 0 Å². The molecular formula is C19H23N3OS. The van der Waals surface area contributed by atoms with Gasteiger partial charge in [0.15, 0.2) is 17.8 Å². The van der Waals surface area contributed by atoms with Crippen molar-refractivity contribution in [2.45, 2.75) is 46.3 Å². The predicted octanol–water partition coefficient (Wildman–Crippen LogP) is 4.58. The molecule has 1 aromatic carbocycles. The lowest BCUT2D eigenvalue weighted by molar-refractivity contribution is -0.112. The number of hydrogen-bond donors (Lipinski definition) is 0. The van der Waals surface area contributed by atoms with Gasteiger partial charge in [-0.15, -0.1) is 16.4 Å². The van der Waals surface area contributed by atoms with Gasteiger partial charge in [-0.3, -0.25) is 4.79 Å². The fraction of sp³-hybridized carbons (Fsp3) is 0.368. The van der Waals surface area contributed by atoms with Gasteiger partial charge in [-0.25, -0.2) is 5.01 Å². The molecule has 0 fully saturated rings. The third-order valence-electron chi connectivity index (χ3n) is 4.04. The van der Waals surface area contributed by atoms with Crippen LogP contribution in [0.15, 0.2) is 46.9 Å². The van der Waals surface area contributed by atoms with Gasteiger partial charge in [0.1, 0.15) is 0 Å². The first kappa shape index (κ1) is 16.7. The topological polar surface area (TPSA) is 35.9 Å². The number of aryl methyl sites for hydroxylation is 1. The third-order valence-corrected chi connectivity index (χ3v) is 4.95. The van der Waals surface area contributed by atoms with Crippen molar-refractivity contribution in [3.63, 3.8) is 0 Å². The van der Waals surface area contributed by atoms with Crippen molar-refractivity contribution in [3.05, 3.63) is 52.2 Å². The number of ketones is 1. The van der Waals surface area contributed by atoms with Gasteiger partial charge in [0.05, 0.1) is 5.69 Å². The Hall–Kier alpha value is -2.14. The summed E-state index contributed by atoms with van der Waals surface area (Å²) in [7, 11) is 0. The van der Waals surface area contributed by atoms with Gasteiger partial charge in [0.2, 0.25) is 0 Å². The van der Waals surface area contributed by atoms with E-state index in [-0.39, 0.29) is 17.5 Å². The summed E-state index contributed by atoms with van der Waals surface area (Å²) >= 11 is 1.69. The van der Waals surface area contributed by atoms with Crippen LogP contribution < -0.4 is 5.01 Å². The van der Waals surface area contributed by atoms with E-state index in [0.717, 1.165) is 5.69 Å². The van der Waals surface area contributed by atoms with Gasteiger partial charge >= 0.3 is 0 Å². The first-order chi connectivity index (χ1) is 11.3. The van der Waals surface area contributed by atoms with Crippen LogP contribution in [0.1, 0.15) is 44.3 Å². The minimum Gasteiger partial charge on any atom is -0.321 e. The molecule has 2 heterocycles. The van der Waals surface area contributed by atoms with Crippen LogP contribution in [0.4, 0.5) is 5.69 Å². The maximum atomic E-state index is 12.3. The van der Waals surface area contributed by atoms with Crippen molar-refractivity contribution < 1.29 is 4.79 Å². The number of hydrogen-bond acceptors (Lipinski definition) is 5. The highest BCUT2D eigenvalue weighted by Crippen LogP contribution is 2.41. The molecule has 0 amide bonds. The summed E-state index contributed by atoms with van der Waals surface area (Å²) < 4.78 is 0. The second-order valence-electron chi connectivity index (χ2n) is 7.09. The summed E-state index contributed by atoms with van der Waals surface area (Å²) in [4.78, 5) is 15.6. The first-order valence-electron chi connectivity index (χ1n) is 8.07. The Morgan fingerprint density at radius 2 is 1.83 bits per heavy atom. The number of Topliss-reactive ketones (excluding diaryl/α,β-unsaturated/α-hetero) is 1. The summed E-state index contributed by atoms with van der Waals surface area (Å²) in [6.07, 6.45) is -0.105. The molecule has 0 N–H and O–H groups in total. The van der Waals surface area contributed by atoms with Crippen LogP contribution in [0.5, 0.6) is 0 Å². The zero-order chi connectivity index (χ0) is 17.5. The Bertz CT molecular complexity index is 757. The summed E-state index contributed by atoms with van der Waals surface area (Å²) in [5.74, 6) is 0.502. The van der Waals surface area contributed by atoms with Crippen molar-refractivity contribution in [3.8, 4) is 0 Å². The number of amidine groups is 1. The zero-order valence-electron chi connectivity index (χ0n) is 14.8. The molecule has 0 saturated heterocycles. The molecular weight excluding hydrogens is 318 g/mol. The highest BCUT2D eigenvalue weighted by molar-refractivity contribution is 7.10. The van der Waals surface area contributed by atoms with Crippen molar-refractivity contribution in [2.75, 3.05) is 5.01 Å². The molecule has 1 aliphatic heterocycles. The Labute approximate surface area is 147 Å². The summed E-state index contributed by atoms with van der Waals surface area (Å²) in [5.41, 5.74) is 1.97. The van der Waals surface area contributed by atoms with E-state index in [1.54, 1.807) is 18.3 Å². The molecule has 2 aromatic rings. The average molecular weight is 341 g/mol. The lowest BCUT2D eigenvalue weighted by atomic mass is 10.0. The zero-order valence-corrected chi connectivity index (χ0v) is 15.6. The molecule has 1 aromatic heterocycles. The number of carbonyl (C=O) groups excluding carboxylic acids is 1. The fourth-order valence-corrected chi connectivity index (χ4v) is 3.74. The normalized spacial score (nSPS) is 18.0. The monoisotopic (exact) mass is 341 g/mol. The van der Waals surface area contributed by atoms with Crippen LogP contribution in [-0.4, -0.2) is 22.1 Å². The second kappa shape index (κ2) is 6.06. The Morgan fingerprint density at radius 3 is 2.33 bits per heavy atom. The minimum atomic E-state index is -0.224. The van der Waals surface area contributed by atoms with Crippen LogP contribution in [0, 0.1) is 6.92 Å². The SMILES string of the molecule is CC(=O)C1=NN(c2ccc(C)cc2)[C@@H](c2cccs2)N1C(C)(C)C. The lowest BCUT2D eigenvalue weighted by Crippen LogP contribution is -2.48. The van der Waals surface area contributed by atoms with Gasteiger partial charge < -0.3 is 4.90 Å². The van der Waals surface area contributed by atoms with Crippen molar-refractivity contribution >= 4 is 28.6 Å². The molecule has 0 saturated carbocycles. The molecule has 0 bridgehead atoms. The lowest BCUT2D eigenvalue weighted by Gasteiger charge is -2.40. The maximum Gasteiger partial charge on any atom is 0.196 e. The van der Waals surface area contributed by atoms with Crippen molar-refractivity contribution in [1.29, 1.82) is 0 Å². The summed E-state index contributed by atoms with van der Waals surface area (Å²) in [6, 6.07) is 12.4. The quantitative estimate of drug-likeness (QED) is 0.820. The fourth-order valence-electron chi connectivity index (χ4n) is 2.94. The molecule has 0 radical (unpaired) electrons. The number of nitrogens with zero attached hydrogens (tertiary/aromatic N) is 3. The summed E-state index contributed by atoms with van der Waals surface area (Å²) in [5, 5.41) is 8.74. The molecule has 5 heteroatoms. The number of hydrazone groups is 1. The largest absolute Gasteiger partial charge is 0.321 e. The van der Waals surface area contributed by atoms with Crippen LogP contribution in [0.2, 0.25) is 0 Å². The molecule has 0 aliphatic carbocycles. The third kappa shape index (κ3) is 2.96. The number of anilines is 1. The number of carbonyl (C=O) groups is 1. The van der Waals surface area contributed by atoms with Gasteiger partial charge in [0, 0.05) is 17.3 Å². The Balaban J connectivity index is 2.14. The van der Waals surface area contributed by atoms with Crippen LogP contribution >= 0.6 is 11.3 Å². The maximum absolute atomic E-state index is 12.3. The van der Waals surface area contributed by atoms with E-state index in [4.69, 9.17) is 5.10 Å². The smallest absolute Gasteiger partial charge is 0.196 e. The van der Waals surface area contributed by atoms with Gasteiger partial charge in [0.25, 0.3) is 0 Å². The Kier molecular flexibility index (Phi) is 4.22. The van der Waals surface area contributed by atoms with Crippen molar-refractivity contribution in [2.24, 2.45) is 5.10 Å². The number of rotatable bonds is 3. The van der Waals surface area contributed by atoms with Gasteiger partial charge in [-0.1, -0.05) is 23.8 Å². The predicted molar refractivity (Wildman–Crippen MR) is 100 cm³/mol. The van der Waals surface area contributed by atoms with Crippen molar-refractivity contribution in [1.82, 2.24) is 4.90 Å². The highest BCUT2D eigenvalue weighted by atomic mass is 32.1. The minimum absolute atomic E-state index is 0.0129. The Morgan fingerprint density at radius 1 is 1.17 bits per heavy atom. The average Bonchev–Trinajstić information content (AvgIpc) is 3.14. The van der Waals surface area contributed by atoms with E-state index in [9.17, 15) is 4.79 Å². The summed E-state index contributed by atoms with van der Waals surface area (Å²) in [6.45, 7) is 10.00. The molecule has 126 valence electrons. The standard InChI is InChI=1S/C19H23N3OS/c1-13-8-10-15(11-9-13)22-18(16-7-6-12-24-16)21(19(3,4)5)17(20-22)14(2)23/h6-12,18H,1-5H3/t18-/m0/s1. The second-order valence-corrected chi connectivity index (χ2v) is 8.07. The van der Waals surface area contributed by atoms with Crippen LogP contribution in [0.25, 0.3) is 0 Å². The molecule has 1 aliphatic rings. The van der Waals surface area contributed by atoms with E-state index in [0.29, 0.717) is 5.84 Å². The van der Waals surface area contributed by atoms with E-state index in [1.165, 1.54) is 10.4 Å². The number of benzene rings is 1. The molecule has 0 unspecified atom stereocenters. The highest BCUT2D eigenvalue weighted by Gasteiger charge is 2.43. The van der Waals surface area contributed by atoms with E-state index < -0.39 is 0 Å². The molecule has 1 atom stereocenters. The van der Waals surface area contributed by atoms with E-state index in [1.807, 2.05) is 11.1 Å². The van der Waals surface area contributed by atoms with Gasteiger partial charge in [-0.05, 0) is 51.3 Å². The van der Waals surface area contributed by atoms with E-state index >= 15 is 0 Å². The molecule has 3 rings (SSSR count). The molecule has 4 nitrogen and oxygen atoms in total. The van der Waals surface area contributed by atoms with E-state index in [2.05, 4.69) is 68.3 Å². The molecule has 0 spiro atoms. The first-order valence-corrected chi connectivity index (χ1v) is 8.95. The van der Waals surface area contributed by atoms with Crippen LogP contribution in [-0.2, 0) is 4.79 Å². The number of thiophene rings is 1. The molecule has 24 heavy (non-hydrogen) atoms.